The van der Waals surface area contributed by atoms with Crippen LogP contribution < -0.4 is 15.5 Å². The minimum atomic E-state index is -3.81. The maximum Gasteiger partial charge on any atom is 0.330 e. The van der Waals surface area contributed by atoms with E-state index in [0.717, 1.165) is 47.3 Å². The van der Waals surface area contributed by atoms with Crippen LogP contribution in [0.15, 0.2) is 48.5 Å². The lowest BCUT2D eigenvalue weighted by Gasteiger charge is -2.28. The maximum absolute atomic E-state index is 14.1. The molecular weight excluding hydrogens is 1100 g/mol. The Morgan fingerprint density at radius 1 is 0.655 bits per heavy atom. The molecule has 2 aromatic carbocycles. The van der Waals surface area contributed by atoms with Crippen molar-refractivity contribution in [3.8, 4) is 22.5 Å². The largest absolute Gasteiger partial charge is 0.394 e. The molecule has 0 bridgehead atoms. The number of fused-ring (bicyclic) bond motifs is 5. The molecule has 84 heavy (non-hydrogen) atoms. The van der Waals surface area contributed by atoms with Gasteiger partial charge in [0, 0.05) is 69.4 Å². The van der Waals surface area contributed by atoms with E-state index in [1.54, 1.807) is 28.5 Å². The maximum atomic E-state index is 14.1. The Kier molecular flexibility index (Phi) is 29.2. The highest BCUT2D eigenvalue weighted by Crippen LogP contribution is 2.49. The summed E-state index contributed by atoms with van der Waals surface area (Å²) >= 11 is 0. The normalized spacial score (nSPS) is 18.3. The van der Waals surface area contributed by atoms with E-state index in [0.29, 0.717) is 143 Å². The predicted octanol–water partition coefficient (Wildman–Crippen LogP) is 5.79. The summed E-state index contributed by atoms with van der Waals surface area (Å²) in [5, 5.41) is 35.0. The zero-order valence-corrected chi connectivity index (χ0v) is 50.8. The second-order valence-electron chi connectivity index (χ2n) is 22.4. The zero-order chi connectivity index (χ0) is 60.3. The number of β-amino-alcohol motifs (C(OH)–C–C–N with tert-alkyl or cyclic N) is 1. The third-order valence-electron chi connectivity index (χ3n) is 15.1. The fourth-order valence-corrected chi connectivity index (χ4v) is 11.3. The van der Waals surface area contributed by atoms with Gasteiger partial charge in [0.15, 0.2) is 0 Å². The van der Waals surface area contributed by atoms with Crippen molar-refractivity contribution in [1.82, 2.24) is 35.4 Å². The van der Waals surface area contributed by atoms with Crippen molar-refractivity contribution in [2.75, 3.05) is 97.1 Å². The van der Waals surface area contributed by atoms with Gasteiger partial charge in [0.1, 0.15) is 5.69 Å². The molecule has 2 saturated heterocycles. The minimum absolute atomic E-state index is 0.0405. The number of hydrogen-bond donors (Lipinski definition) is 5. The molecule has 468 valence electrons. The number of aliphatic hydroxyl groups excluding tert-OH is 2. The number of ether oxygens (including phenoxy) is 5. The number of unbranched alkanes of at least 4 members (excludes halogenated alkanes) is 5. The van der Waals surface area contributed by atoms with Gasteiger partial charge in [-0.15, -0.1) is 5.10 Å². The van der Waals surface area contributed by atoms with E-state index in [1.807, 2.05) is 67.1 Å². The minimum Gasteiger partial charge on any atom is -0.394 e. The van der Waals surface area contributed by atoms with Crippen LogP contribution in [0.5, 0.6) is 0 Å². The Morgan fingerprint density at radius 3 is 1.86 bits per heavy atom. The summed E-state index contributed by atoms with van der Waals surface area (Å²) in [7, 11) is -3.81. The fraction of sp³-hybridized carbons (Fsp3) is 0.683. The number of aliphatic hydroxyl groups is 2. The highest BCUT2D eigenvalue weighted by molar-refractivity contribution is 7.53. The SMILES string of the molecule is CC(C)OC[C@@H]1C[C@@H](O)CN1C(=O)CCCCCNC(=O)CCOCCOCCOCCOCCn1nnc2c1-c1ccccc1CN(C(=O)CCCCC(=O)NCCCCCC(=O)N1C[C@H](OP(=O)(O)C(C)C)C[C@H]1CO)c1ccccc1-2. The molecule has 0 spiro atoms. The highest BCUT2D eigenvalue weighted by Gasteiger charge is 2.40. The van der Waals surface area contributed by atoms with Crippen molar-refractivity contribution in [2.45, 2.75) is 173 Å². The van der Waals surface area contributed by atoms with Crippen LogP contribution in [0, 0.1) is 0 Å². The van der Waals surface area contributed by atoms with E-state index >= 15 is 0 Å². The summed E-state index contributed by atoms with van der Waals surface area (Å²) < 4.78 is 48.2. The second-order valence-corrected chi connectivity index (χ2v) is 24.7. The first-order valence-electron chi connectivity index (χ1n) is 30.3. The van der Waals surface area contributed by atoms with Crippen LogP contribution in [-0.2, 0) is 69.8 Å². The van der Waals surface area contributed by atoms with Gasteiger partial charge in [0.25, 0.3) is 0 Å². The summed E-state index contributed by atoms with van der Waals surface area (Å²) in [6.45, 7) is 12.5. The van der Waals surface area contributed by atoms with Crippen molar-refractivity contribution in [2.24, 2.45) is 0 Å². The summed E-state index contributed by atoms with van der Waals surface area (Å²) in [5.74, 6) is -0.331. The number of carbonyl (C=O) groups excluding carboxylic acids is 5. The van der Waals surface area contributed by atoms with E-state index in [9.17, 15) is 43.6 Å². The van der Waals surface area contributed by atoms with Gasteiger partial charge in [0.05, 0.1) is 127 Å². The third kappa shape index (κ3) is 21.9. The molecule has 5 amide bonds. The molecule has 0 aliphatic carbocycles. The van der Waals surface area contributed by atoms with Crippen LogP contribution in [0.25, 0.3) is 22.5 Å². The summed E-state index contributed by atoms with van der Waals surface area (Å²) in [6, 6.07) is 15.1. The van der Waals surface area contributed by atoms with Gasteiger partial charge in [0.2, 0.25) is 29.5 Å². The lowest BCUT2D eigenvalue weighted by Crippen LogP contribution is -2.39. The van der Waals surface area contributed by atoms with Crippen molar-refractivity contribution in [3.63, 3.8) is 0 Å². The summed E-state index contributed by atoms with van der Waals surface area (Å²) in [4.78, 5) is 80.0. The number of hydrogen-bond acceptors (Lipinski definition) is 16. The third-order valence-corrected chi connectivity index (χ3v) is 17.0. The molecule has 1 aromatic heterocycles. The topological polar surface area (TPSA) is 283 Å². The van der Waals surface area contributed by atoms with Crippen LogP contribution >= 0.6 is 7.60 Å². The van der Waals surface area contributed by atoms with E-state index in [2.05, 4.69) is 20.9 Å². The van der Waals surface area contributed by atoms with Crippen LogP contribution in [-0.4, -0.2) is 198 Å². The van der Waals surface area contributed by atoms with Crippen LogP contribution in [0.4, 0.5) is 5.69 Å². The highest BCUT2D eigenvalue weighted by atomic mass is 31.2. The first kappa shape index (κ1) is 67.9. The molecule has 2 fully saturated rings. The molecular formula is C60H93N8O15P. The molecule has 4 heterocycles. The predicted molar refractivity (Wildman–Crippen MR) is 316 cm³/mol. The number of aromatic nitrogens is 3. The van der Waals surface area contributed by atoms with E-state index < -0.39 is 31.5 Å². The smallest absolute Gasteiger partial charge is 0.330 e. The number of para-hydroxylation sites is 1. The van der Waals surface area contributed by atoms with Gasteiger partial charge >= 0.3 is 7.60 Å². The van der Waals surface area contributed by atoms with Crippen molar-refractivity contribution in [3.05, 3.63) is 54.1 Å². The monoisotopic (exact) mass is 1200 g/mol. The number of anilines is 1. The van der Waals surface area contributed by atoms with E-state index in [-0.39, 0.29) is 87.1 Å². The zero-order valence-electron chi connectivity index (χ0n) is 49.9. The van der Waals surface area contributed by atoms with Gasteiger partial charge in [-0.3, -0.25) is 28.5 Å². The average molecular weight is 1200 g/mol. The number of benzene rings is 2. The van der Waals surface area contributed by atoms with Crippen molar-refractivity contribution >= 4 is 42.8 Å². The Labute approximate surface area is 495 Å². The molecule has 6 rings (SSSR count). The van der Waals surface area contributed by atoms with Gasteiger partial charge in [-0.2, -0.15) is 0 Å². The lowest BCUT2D eigenvalue weighted by molar-refractivity contribution is -0.134. The summed E-state index contributed by atoms with van der Waals surface area (Å²) in [5.41, 5.74) is 4.33. The Hall–Kier alpha value is -5.20. The molecule has 23 nitrogen and oxygen atoms in total. The van der Waals surface area contributed by atoms with E-state index in [4.69, 9.17) is 28.2 Å². The Bertz CT molecular complexity index is 2570. The Balaban J connectivity index is 0.798. The molecule has 5 N–H and O–H groups in total. The fourth-order valence-electron chi connectivity index (χ4n) is 10.5. The standard InChI is InChI=1S/C60H93N8O15P/c1-44(2)82-43-48-37-49(70)40-65(48)56(73)22-7-5-16-27-62-55(72)25-29-78-31-33-80-35-36-81-34-32-79-30-28-68-60-51-18-10-9-17-46(51)39-67(53-20-12-11-19-52(53)59(60)63-64-68)58(75)24-14-13-21-54(71)61-26-15-6-8-23-57(74)66-41-50(38-47(66)42-69)83-84(76,77)45(3)4/h9-12,17-20,44-45,47-50,69-70H,5-8,13-16,21-43H2,1-4H3,(H,61,71)(H,62,72)(H,76,77)/t47-,48-,49+,50+/m0/s1. The first-order chi connectivity index (χ1) is 40.6. The van der Waals surface area contributed by atoms with Gasteiger partial charge in [-0.25, -0.2) is 4.68 Å². The Morgan fingerprint density at radius 2 is 1.21 bits per heavy atom. The molecule has 3 aromatic rings. The molecule has 3 aliphatic heterocycles. The average Bonchev–Trinajstić information content (AvgIpc) is 3.32. The molecule has 0 radical (unpaired) electrons. The molecule has 1 unspecified atom stereocenters. The van der Waals surface area contributed by atoms with Gasteiger partial charge in [-0.05, 0) is 76.8 Å². The summed E-state index contributed by atoms with van der Waals surface area (Å²) in [6.07, 6.45) is 6.67. The van der Waals surface area contributed by atoms with Gasteiger partial charge < -0.3 is 68.6 Å². The van der Waals surface area contributed by atoms with Gasteiger partial charge in [-0.1, -0.05) is 74.4 Å². The van der Waals surface area contributed by atoms with Crippen molar-refractivity contribution < 1.29 is 71.9 Å². The number of nitrogens with one attached hydrogen (secondary N) is 2. The van der Waals surface area contributed by atoms with Crippen LogP contribution in [0.1, 0.15) is 130 Å². The second kappa shape index (κ2) is 36.1. The molecule has 5 atom stereocenters. The number of rotatable bonds is 39. The molecule has 0 saturated carbocycles. The number of likely N-dealkylation sites (tertiary alicyclic amines) is 2. The van der Waals surface area contributed by atoms with Crippen LogP contribution in [0.3, 0.4) is 0 Å². The molecule has 24 heteroatoms. The quantitative estimate of drug-likeness (QED) is 0.0334. The number of amides is 5. The van der Waals surface area contributed by atoms with Crippen molar-refractivity contribution in [1.29, 1.82) is 0 Å². The van der Waals surface area contributed by atoms with E-state index in [1.165, 1.54) is 0 Å². The van der Waals surface area contributed by atoms with Crippen LogP contribution in [0.2, 0.25) is 0 Å². The first-order valence-corrected chi connectivity index (χ1v) is 32.0. The molecule has 3 aliphatic rings. The number of nitrogens with zero attached hydrogens (tertiary/aromatic N) is 6. The number of carbonyl (C=O) groups is 5. The lowest BCUT2D eigenvalue weighted by atomic mass is 9.95.